The van der Waals surface area contributed by atoms with E-state index >= 15 is 0 Å². The van der Waals surface area contributed by atoms with Gasteiger partial charge >= 0.3 is 0 Å². The molecular weight excluding hydrogens is 299 g/mol. The Hall–Kier alpha value is -0.970. The molecule has 110 valence electrons. The van der Waals surface area contributed by atoms with E-state index < -0.39 is 0 Å². The molecule has 1 fully saturated rings. The zero-order valence-corrected chi connectivity index (χ0v) is 13.0. The fourth-order valence-corrected chi connectivity index (χ4v) is 2.67. The Balaban J connectivity index is 2.18. The molecule has 1 aliphatic heterocycles. The zero-order valence-electron chi connectivity index (χ0n) is 11.5. The first kappa shape index (κ1) is 15.4. The van der Waals surface area contributed by atoms with Crippen molar-refractivity contribution < 1.29 is 9.53 Å². The average molecular weight is 317 g/mol. The number of methoxy groups -OCH3 is 1. The molecule has 0 bridgehead atoms. The van der Waals surface area contributed by atoms with Crippen molar-refractivity contribution in [3.8, 4) is 5.75 Å². The van der Waals surface area contributed by atoms with Gasteiger partial charge in [0.15, 0.2) is 0 Å². The Morgan fingerprint density at radius 1 is 1.40 bits per heavy atom. The predicted octanol–water partition coefficient (Wildman–Crippen LogP) is 2.73. The summed E-state index contributed by atoms with van der Waals surface area (Å²) >= 11 is 11.9. The van der Waals surface area contributed by atoms with Crippen molar-refractivity contribution >= 4 is 29.1 Å². The molecule has 20 heavy (non-hydrogen) atoms. The van der Waals surface area contributed by atoms with Crippen LogP contribution in [-0.4, -0.2) is 32.1 Å². The molecule has 2 N–H and O–H groups in total. The summed E-state index contributed by atoms with van der Waals surface area (Å²) in [5.41, 5.74) is 0.410. The highest BCUT2D eigenvalue weighted by atomic mass is 35.5. The second-order valence-corrected chi connectivity index (χ2v) is 5.83. The van der Waals surface area contributed by atoms with Crippen molar-refractivity contribution in [1.82, 2.24) is 10.6 Å². The minimum Gasteiger partial charge on any atom is -0.496 e. The van der Waals surface area contributed by atoms with Gasteiger partial charge in [-0.3, -0.25) is 4.79 Å². The molecule has 4 nitrogen and oxygen atoms in total. The van der Waals surface area contributed by atoms with Crippen LogP contribution in [0.4, 0.5) is 0 Å². The lowest BCUT2D eigenvalue weighted by atomic mass is 9.95. The Labute approximate surface area is 128 Å². The first-order chi connectivity index (χ1) is 9.52. The van der Waals surface area contributed by atoms with Gasteiger partial charge in [-0.1, -0.05) is 30.1 Å². The molecule has 1 aliphatic rings. The van der Waals surface area contributed by atoms with E-state index in [-0.39, 0.29) is 11.9 Å². The Kier molecular flexibility index (Phi) is 5.13. The lowest BCUT2D eigenvalue weighted by Crippen LogP contribution is -2.48. The summed E-state index contributed by atoms with van der Waals surface area (Å²) in [6.07, 6.45) is 0.913. The maximum atomic E-state index is 12.4. The summed E-state index contributed by atoms with van der Waals surface area (Å²) in [4.78, 5) is 12.4. The van der Waals surface area contributed by atoms with E-state index in [0.29, 0.717) is 27.3 Å². The quantitative estimate of drug-likeness (QED) is 0.901. The molecule has 1 saturated heterocycles. The smallest absolute Gasteiger partial charge is 0.255 e. The summed E-state index contributed by atoms with van der Waals surface area (Å²) in [6, 6.07) is 3.26. The van der Waals surface area contributed by atoms with Gasteiger partial charge in [0.05, 0.1) is 22.7 Å². The van der Waals surface area contributed by atoms with E-state index in [1.807, 2.05) is 0 Å². The average Bonchev–Trinajstić information content (AvgIpc) is 2.43. The normalized spacial score (nSPS) is 22.4. The standard InChI is InChI=1S/C14H18Cl2N2O2/c1-8-7-17-4-3-12(8)18-14(19)9-5-10(15)11(16)6-13(9)20-2/h5-6,8,12,17H,3-4,7H2,1-2H3,(H,18,19). The van der Waals surface area contributed by atoms with Crippen molar-refractivity contribution in [3.05, 3.63) is 27.7 Å². The van der Waals surface area contributed by atoms with E-state index in [9.17, 15) is 4.79 Å². The van der Waals surface area contributed by atoms with Crippen molar-refractivity contribution in [3.63, 3.8) is 0 Å². The van der Waals surface area contributed by atoms with Gasteiger partial charge in [-0.2, -0.15) is 0 Å². The monoisotopic (exact) mass is 316 g/mol. The van der Waals surface area contributed by atoms with Crippen LogP contribution in [0.2, 0.25) is 10.0 Å². The molecule has 6 heteroatoms. The van der Waals surface area contributed by atoms with E-state index in [4.69, 9.17) is 27.9 Å². The summed E-state index contributed by atoms with van der Waals surface area (Å²) < 4.78 is 5.20. The number of hydrogen-bond donors (Lipinski definition) is 2. The molecule has 2 unspecified atom stereocenters. The third kappa shape index (κ3) is 3.37. The minimum absolute atomic E-state index is 0.155. The number of amides is 1. The molecular formula is C14H18Cl2N2O2. The Bertz CT molecular complexity index is 508. The second-order valence-electron chi connectivity index (χ2n) is 5.02. The molecule has 1 amide bonds. The fourth-order valence-electron chi connectivity index (χ4n) is 2.35. The van der Waals surface area contributed by atoms with Crippen LogP contribution in [0.3, 0.4) is 0 Å². The van der Waals surface area contributed by atoms with Crippen LogP contribution < -0.4 is 15.4 Å². The fraction of sp³-hybridized carbons (Fsp3) is 0.500. The van der Waals surface area contributed by atoms with E-state index in [1.54, 1.807) is 12.1 Å². The van der Waals surface area contributed by atoms with Gasteiger partial charge in [-0.05, 0) is 31.5 Å². The van der Waals surface area contributed by atoms with Crippen molar-refractivity contribution in [2.24, 2.45) is 5.92 Å². The second kappa shape index (κ2) is 6.66. The lowest BCUT2D eigenvalue weighted by molar-refractivity contribution is 0.0911. The summed E-state index contributed by atoms with van der Waals surface area (Å²) in [5.74, 6) is 0.638. The van der Waals surface area contributed by atoms with Gasteiger partial charge < -0.3 is 15.4 Å². The maximum Gasteiger partial charge on any atom is 0.255 e. The van der Waals surface area contributed by atoms with E-state index in [2.05, 4.69) is 17.6 Å². The molecule has 0 aliphatic carbocycles. The van der Waals surface area contributed by atoms with Crippen molar-refractivity contribution in [1.29, 1.82) is 0 Å². The molecule has 1 heterocycles. The minimum atomic E-state index is -0.181. The third-order valence-corrected chi connectivity index (χ3v) is 4.31. The van der Waals surface area contributed by atoms with Gasteiger partial charge in [0.1, 0.15) is 5.75 Å². The number of benzene rings is 1. The van der Waals surface area contributed by atoms with Crippen LogP contribution in [0.15, 0.2) is 12.1 Å². The number of nitrogens with one attached hydrogen (secondary N) is 2. The summed E-state index contributed by atoms with van der Waals surface area (Å²) in [6.45, 7) is 3.93. The van der Waals surface area contributed by atoms with Gasteiger partial charge in [0.2, 0.25) is 0 Å². The number of halogens is 2. The number of ether oxygens (including phenoxy) is 1. The predicted molar refractivity (Wildman–Crippen MR) is 80.9 cm³/mol. The number of carbonyl (C=O) groups excluding carboxylic acids is 1. The molecule has 1 aromatic carbocycles. The van der Waals surface area contributed by atoms with Crippen LogP contribution >= 0.6 is 23.2 Å². The van der Waals surface area contributed by atoms with E-state index in [0.717, 1.165) is 19.5 Å². The van der Waals surface area contributed by atoms with Gasteiger partial charge in [-0.25, -0.2) is 0 Å². The molecule has 1 aromatic rings. The number of hydrogen-bond acceptors (Lipinski definition) is 3. The number of rotatable bonds is 3. The van der Waals surface area contributed by atoms with Crippen LogP contribution in [0.1, 0.15) is 23.7 Å². The first-order valence-electron chi connectivity index (χ1n) is 6.57. The van der Waals surface area contributed by atoms with Gasteiger partial charge in [-0.15, -0.1) is 0 Å². The van der Waals surface area contributed by atoms with Crippen LogP contribution in [0, 0.1) is 5.92 Å². The van der Waals surface area contributed by atoms with Gasteiger partial charge in [0.25, 0.3) is 5.91 Å². The Morgan fingerprint density at radius 3 is 2.75 bits per heavy atom. The molecule has 0 aromatic heterocycles. The van der Waals surface area contributed by atoms with Crippen LogP contribution in [0.25, 0.3) is 0 Å². The third-order valence-electron chi connectivity index (χ3n) is 3.59. The largest absolute Gasteiger partial charge is 0.496 e. The highest BCUT2D eigenvalue weighted by molar-refractivity contribution is 6.42. The highest BCUT2D eigenvalue weighted by Crippen LogP contribution is 2.30. The highest BCUT2D eigenvalue weighted by Gasteiger charge is 2.24. The molecule has 0 radical (unpaired) electrons. The van der Waals surface area contributed by atoms with Crippen molar-refractivity contribution in [2.75, 3.05) is 20.2 Å². The SMILES string of the molecule is COc1cc(Cl)c(Cl)cc1C(=O)NC1CCNCC1C. The number of carbonyl (C=O) groups is 1. The first-order valence-corrected chi connectivity index (χ1v) is 7.33. The molecule has 0 saturated carbocycles. The van der Waals surface area contributed by atoms with Crippen LogP contribution in [-0.2, 0) is 0 Å². The Morgan fingerprint density at radius 2 is 2.10 bits per heavy atom. The van der Waals surface area contributed by atoms with Crippen LogP contribution in [0.5, 0.6) is 5.75 Å². The number of piperidine rings is 1. The zero-order chi connectivity index (χ0) is 14.7. The summed E-state index contributed by atoms with van der Waals surface area (Å²) in [5, 5.41) is 7.06. The van der Waals surface area contributed by atoms with Gasteiger partial charge in [0, 0.05) is 12.1 Å². The maximum absolute atomic E-state index is 12.4. The van der Waals surface area contributed by atoms with E-state index in [1.165, 1.54) is 7.11 Å². The van der Waals surface area contributed by atoms with Crippen molar-refractivity contribution in [2.45, 2.75) is 19.4 Å². The molecule has 2 atom stereocenters. The molecule has 2 rings (SSSR count). The summed E-state index contributed by atoms with van der Waals surface area (Å²) in [7, 11) is 1.50. The lowest BCUT2D eigenvalue weighted by Gasteiger charge is -2.30. The topological polar surface area (TPSA) is 50.4 Å². The molecule has 0 spiro atoms.